The molecule has 0 amide bonds. The van der Waals surface area contributed by atoms with Crippen LogP contribution in [0.2, 0.25) is 0 Å². The van der Waals surface area contributed by atoms with Crippen molar-refractivity contribution in [3.8, 4) is 5.75 Å². The van der Waals surface area contributed by atoms with E-state index in [2.05, 4.69) is 21.8 Å². The molecule has 3 rings (SSSR count). The first-order chi connectivity index (χ1) is 12.0. The molecule has 134 valence electrons. The van der Waals surface area contributed by atoms with Crippen LogP contribution in [0.1, 0.15) is 18.4 Å². The Morgan fingerprint density at radius 3 is 2.68 bits per heavy atom. The third kappa shape index (κ3) is 3.96. The first kappa shape index (κ1) is 17.8. The zero-order chi connectivity index (χ0) is 17.9. The number of nitrogens with one attached hydrogen (secondary N) is 1. The fourth-order valence-electron chi connectivity index (χ4n) is 3.28. The minimum Gasteiger partial charge on any atom is -0.495 e. The summed E-state index contributed by atoms with van der Waals surface area (Å²) in [5, 5.41) is 0. The Hall–Kier alpha value is -2.05. The van der Waals surface area contributed by atoms with Crippen molar-refractivity contribution in [3.63, 3.8) is 0 Å². The van der Waals surface area contributed by atoms with Crippen LogP contribution in [0.25, 0.3) is 0 Å². The molecule has 1 aliphatic rings. The van der Waals surface area contributed by atoms with E-state index in [0.717, 1.165) is 30.6 Å². The maximum atomic E-state index is 12.8. The lowest BCUT2D eigenvalue weighted by Crippen LogP contribution is -2.40. The molecule has 1 aliphatic heterocycles. The Morgan fingerprint density at radius 2 is 1.96 bits per heavy atom. The summed E-state index contributed by atoms with van der Waals surface area (Å²) in [6.45, 7) is 3.20. The molecule has 0 aromatic heterocycles. The van der Waals surface area contributed by atoms with Gasteiger partial charge in [0, 0.05) is 24.8 Å². The minimum absolute atomic E-state index is 0.160. The van der Waals surface area contributed by atoms with Crippen molar-refractivity contribution >= 4 is 15.7 Å². The Bertz CT molecular complexity index is 822. The normalized spacial score (nSPS) is 17.7. The van der Waals surface area contributed by atoms with Crippen molar-refractivity contribution < 1.29 is 13.2 Å². The van der Waals surface area contributed by atoms with Crippen molar-refractivity contribution in [2.45, 2.75) is 30.7 Å². The molecule has 0 aliphatic carbocycles. The molecule has 0 bridgehead atoms. The summed E-state index contributed by atoms with van der Waals surface area (Å²) >= 11 is 0. The van der Waals surface area contributed by atoms with Gasteiger partial charge in [0.25, 0.3) is 0 Å². The van der Waals surface area contributed by atoms with Gasteiger partial charge in [0.2, 0.25) is 10.0 Å². The molecule has 0 spiro atoms. The number of rotatable bonds is 6. The van der Waals surface area contributed by atoms with Gasteiger partial charge in [0.15, 0.2) is 0 Å². The second kappa shape index (κ2) is 7.45. The van der Waals surface area contributed by atoms with Crippen molar-refractivity contribution in [2.24, 2.45) is 0 Å². The lowest BCUT2D eigenvalue weighted by atomic mass is 10.2. The van der Waals surface area contributed by atoms with E-state index in [1.54, 1.807) is 12.1 Å². The molecule has 25 heavy (non-hydrogen) atoms. The van der Waals surface area contributed by atoms with Gasteiger partial charge in [0.1, 0.15) is 10.6 Å². The standard InChI is InChI=1S/C19H24N2O3S/c1-15-10-11-18(24-2)19(13-15)25(22,23)20-14-17-9-6-12-21(17)16-7-4-3-5-8-16/h3-5,7-8,10-11,13,17,20H,6,9,12,14H2,1-2H3/t17-/m0/s1. The number of methoxy groups -OCH3 is 1. The monoisotopic (exact) mass is 360 g/mol. The Balaban J connectivity index is 1.75. The van der Waals surface area contributed by atoms with Gasteiger partial charge in [-0.1, -0.05) is 24.3 Å². The molecule has 2 aromatic rings. The van der Waals surface area contributed by atoms with Gasteiger partial charge in [0.05, 0.1) is 7.11 Å². The summed E-state index contributed by atoms with van der Waals surface area (Å²) in [7, 11) is -2.14. The van der Waals surface area contributed by atoms with Gasteiger partial charge in [-0.15, -0.1) is 0 Å². The highest BCUT2D eigenvalue weighted by molar-refractivity contribution is 7.89. The Labute approximate surface area is 149 Å². The first-order valence-electron chi connectivity index (χ1n) is 8.47. The number of sulfonamides is 1. The van der Waals surface area contributed by atoms with Crippen LogP contribution in [-0.2, 0) is 10.0 Å². The number of hydrogen-bond donors (Lipinski definition) is 1. The molecule has 2 aromatic carbocycles. The van der Waals surface area contributed by atoms with Crippen LogP contribution in [-0.4, -0.2) is 34.7 Å². The molecule has 1 fully saturated rings. The van der Waals surface area contributed by atoms with Crippen molar-refractivity contribution in [1.29, 1.82) is 0 Å². The fourth-order valence-corrected chi connectivity index (χ4v) is 4.61. The Morgan fingerprint density at radius 1 is 1.20 bits per heavy atom. The Kier molecular flexibility index (Phi) is 5.30. The van der Waals surface area contributed by atoms with E-state index in [1.165, 1.54) is 7.11 Å². The van der Waals surface area contributed by atoms with E-state index in [-0.39, 0.29) is 10.9 Å². The summed E-state index contributed by atoms with van der Waals surface area (Å²) in [5.41, 5.74) is 2.02. The molecule has 6 heteroatoms. The smallest absolute Gasteiger partial charge is 0.244 e. The average molecular weight is 360 g/mol. The maximum Gasteiger partial charge on any atom is 0.244 e. The first-order valence-corrected chi connectivity index (χ1v) is 9.95. The SMILES string of the molecule is COc1ccc(C)cc1S(=O)(=O)NC[C@@H]1CCCN1c1ccccc1. The number of para-hydroxylation sites is 1. The minimum atomic E-state index is -3.62. The third-order valence-electron chi connectivity index (χ3n) is 4.58. The highest BCUT2D eigenvalue weighted by Gasteiger charge is 2.27. The lowest BCUT2D eigenvalue weighted by Gasteiger charge is -2.27. The number of benzene rings is 2. The fraction of sp³-hybridized carbons (Fsp3) is 0.368. The van der Waals surface area contributed by atoms with Crippen molar-refractivity contribution in [3.05, 3.63) is 54.1 Å². The summed E-state index contributed by atoms with van der Waals surface area (Å²) in [6, 6.07) is 15.5. The molecular formula is C19H24N2O3S. The summed E-state index contributed by atoms with van der Waals surface area (Å²) in [4.78, 5) is 2.47. The highest BCUT2D eigenvalue weighted by atomic mass is 32.2. The van der Waals surface area contributed by atoms with E-state index in [0.29, 0.717) is 12.3 Å². The number of nitrogens with zero attached hydrogens (tertiary/aromatic N) is 1. The molecule has 0 unspecified atom stereocenters. The van der Waals surface area contributed by atoms with Crippen LogP contribution in [0.5, 0.6) is 5.75 Å². The number of ether oxygens (including phenoxy) is 1. The maximum absolute atomic E-state index is 12.8. The highest BCUT2D eigenvalue weighted by Crippen LogP contribution is 2.27. The van der Waals surface area contributed by atoms with Gasteiger partial charge in [-0.25, -0.2) is 13.1 Å². The second-order valence-electron chi connectivity index (χ2n) is 6.33. The number of anilines is 1. The van der Waals surface area contributed by atoms with Gasteiger partial charge in [-0.2, -0.15) is 0 Å². The molecule has 1 N–H and O–H groups in total. The van der Waals surface area contributed by atoms with Gasteiger partial charge in [-0.3, -0.25) is 0 Å². The van der Waals surface area contributed by atoms with Gasteiger partial charge >= 0.3 is 0 Å². The van der Waals surface area contributed by atoms with E-state index in [9.17, 15) is 8.42 Å². The molecule has 0 radical (unpaired) electrons. The summed E-state index contributed by atoms with van der Waals surface area (Å²) < 4.78 is 33.5. The van der Waals surface area contributed by atoms with E-state index < -0.39 is 10.0 Å². The van der Waals surface area contributed by atoms with Crippen LogP contribution in [0.4, 0.5) is 5.69 Å². The molecule has 1 atom stereocenters. The predicted molar refractivity (Wildman–Crippen MR) is 99.7 cm³/mol. The van der Waals surface area contributed by atoms with Gasteiger partial charge in [-0.05, 0) is 49.6 Å². The topological polar surface area (TPSA) is 58.6 Å². The number of aryl methyl sites for hydroxylation is 1. The van der Waals surface area contributed by atoms with Crippen LogP contribution >= 0.6 is 0 Å². The zero-order valence-electron chi connectivity index (χ0n) is 14.6. The van der Waals surface area contributed by atoms with E-state index in [4.69, 9.17) is 4.74 Å². The van der Waals surface area contributed by atoms with E-state index >= 15 is 0 Å². The lowest BCUT2D eigenvalue weighted by molar-refractivity contribution is 0.402. The summed E-state index contributed by atoms with van der Waals surface area (Å²) in [5.74, 6) is 0.365. The molecule has 1 saturated heterocycles. The molecule has 0 saturated carbocycles. The van der Waals surface area contributed by atoms with Crippen molar-refractivity contribution in [2.75, 3.05) is 25.1 Å². The predicted octanol–water partition coefficient (Wildman–Crippen LogP) is 2.95. The van der Waals surface area contributed by atoms with E-state index in [1.807, 2.05) is 31.2 Å². The van der Waals surface area contributed by atoms with Crippen LogP contribution in [0.3, 0.4) is 0 Å². The van der Waals surface area contributed by atoms with Crippen LogP contribution < -0.4 is 14.4 Å². The third-order valence-corrected chi connectivity index (χ3v) is 6.03. The quantitative estimate of drug-likeness (QED) is 0.860. The van der Waals surface area contributed by atoms with Gasteiger partial charge < -0.3 is 9.64 Å². The average Bonchev–Trinajstić information content (AvgIpc) is 3.09. The molecular weight excluding hydrogens is 336 g/mol. The molecule has 1 heterocycles. The second-order valence-corrected chi connectivity index (χ2v) is 8.07. The number of hydrogen-bond acceptors (Lipinski definition) is 4. The van der Waals surface area contributed by atoms with Crippen LogP contribution in [0, 0.1) is 6.92 Å². The van der Waals surface area contributed by atoms with Crippen molar-refractivity contribution in [1.82, 2.24) is 4.72 Å². The summed E-state index contributed by atoms with van der Waals surface area (Å²) in [6.07, 6.45) is 2.04. The zero-order valence-corrected chi connectivity index (χ0v) is 15.4. The molecule has 5 nitrogen and oxygen atoms in total. The largest absolute Gasteiger partial charge is 0.495 e. The van der Waals surface area contributed by atoms with Crippen LogP contribution in [0.15, 0.2) is 53.4 Å².